The number of carbonyl (C=O) groups excluding carboxylic acids is 1. The molecule has 1 amide bonds. The van der Waals surface area contributed by atoms with Crippen molar-refractivity contribution in [3.63, 3.8) is 0 Å². The van der Waals surface area contributed by atoms with Gasteiger partial charge in [0.2, 0.25) is 0 Å². The fourth-order valence-electron chi connectivity index (χ4n) is 0.864. The number of hydrogen-bond acceptors (Lipinski definition) is 1. The SMILES string of the molecule is CC1=CC=C(C(F)(F)F)C(=O)[NH2+]1. The monoisotopic (exact) mass is 178 g/mol. The average molecular weight is 178 g/mol. The summed E-state index contributed by atoms with van der Waals surface area (Å²) in [5, 5.41) is 0.975. The summed E-state index contributed by atoms with van der Waals surface area (Å²) < 4.78 is 35.9. The standard InChI is InChI=1S/C7H6F3NO/c1-4-2-3-5(6(12)11-4)7(8,9)10/h2-3H,1H3,(H,11,12)/p+1. The molecule has 2 N–H and O–H groups in total. The van der Waals surface area contributed by atoms with Crippen LogP contribution in [0.2, 0.25) is 0 Å². The number of nitrogens with two attached hydrogens (primary N) is 1. The molecule has 0 spiro atoms. The van der Waals surface area contributed by atoms with Crippen molar-refractivity contribution in [2.75, 3.05) is 0 Å². The highest BCUT2D eigenvalue weighted by molar-refractivity contribution is 5.88. The van der Waals surface area contributed by atoms with Gasteiger partial charge in [0, 0.05) is 6.92 Å². The number of amides is 1. The normalized spacial score (nSPS) is 18.8. The quantitative estimate of drug-likeness (QED) is 0.575. The van der Waals surface area contributed by atoms with Crippen LogP contribution in [0.25, 0.3) is 0 Å². The second-order valence-electron chi connectivity index (χ2n) is 2.50. The third-order valence-electron chi connectivity index (χ3n) is 1.44. The molecule has 0 aliphatic carbocycles. The van der Waals surface area contributed by atoms with Gasteiger partial charge in [-0.3, -0.25) is 5.32 Å². The van der Waals surface area contributed by atoms with Crippen LogP contribution < -0.4 is 5.32 Å². The summed E-state index contributed by atoms with van der Waals surface area (Å²) >= 11 is 0. The Morgan fingerprint density at radius 3 is 2.33 bits per heavy atom. The van der Waals surface area contributed by atoms with Crippen LogP contribution in [0, 0.1) is 0 Å². The van der Waals surface area contributed by atoms with Crippen molar-refractivity contribution in [3.05, 3.63) is 23.4 Å². The van der Waals surface area contributed by atoms with E-state index in [1.54, 1.807) is 6.92 Å². The number of hydrogen-bond donors (Lipinski definition) is 1. The van der Waals surface area contributed by atoms with E-state index in [0.29, 0.717) is 5.70 Å². The molecule has 0 aromatic heterocycles. The van der Waals surface area contributed by atoms with Crippen LogP contribution in [0.3, 0.4) is 0 Å². The Labute approximate surface area is 66.8 Å². The van der Waals surface area contributed by atoms with Gasteiger partial charge in [-0.15, -0.1) is 0 Å². The second-order valence-corrected chi connectivity index (χ2v) is 2.50. The highest BCUT2D eigenvalue weighted by Crippen LogP contribution is 2.25. The molecule has 0 saturated heterocycles. The van der Waals surface area contributed by atoms with Gasteiger partial charge in [-0.1, -0.05) is 0 Å². The summed E-state index contributed by atoms with van der Waals surface area (Å²) in [5.41, 5.74) is -0.568. The Morgan fingerprint density at radius 2 is 1.92 bits per heavy atom. The molecule has 1 heterocycles. The molecule has 0 unspecified atom stereocenters. The number of halogens is 3. The van der Waals surface area contributed by atoms with Crippen molar-refractivity contribution in [1.29, 1.82) is 0 Å². The summed E-state index contributed by atoms with van der Waals surface area (Å²) in [7, 11) is 0. The first-order valence-electron chi connectivity index (χ1n) is 3.26. The van der Waals surface area contributed by atoms with Crippen molar-refractivity contribution in [1.82, 2.24) is 0 Å². The number of carbonyl (C=O) groups is 1. The van der Waals surface area contributed by atoms with Gasteiger partial charge in [-0.05, 0) is 12.2 Å². The molecule has 0 atom stereocenters. The smallest absolute Gasteiger partial charge is 0.250 e. The van der Waals surface area contributed by atoms with Gasteiger partial charge in [0.15, 0.2) is 5.57 Å². The molecule has 0 fully saturated rings. The zero-order chi connectivity index (χ0) is 9.35. The van der Waals surface area contributed by atoms with E-state index in [0.717, 1.165) is 11.4 Å². The zero-order valence-corrected chi connectivity index (χ0v) is 6.27. The molecule has 0 bridgehead atoms. The first-order valence-corrected chi connectivity index (χ1v) is 3.26. The maximum Gasteiger partial charge on any atom is 0.425 e. The number of allylic oxidation sites excluding steroid dienone is 3. The van der Waals surface area contributed by atoms with Crippen LogP contribution in [0.5, 0.6) is 0 Å². The zero-order valence-electron chi connectivity index (χ0n) is 6.27. The third kappa shape index (κ3) is 1.73. The molecule has 12 heavy (non-hydrogen) atoms. The van der Waals surface area contributed by atoms with Crippen molar-refractivity contribution < 1.29 is 23.3 Å². The minimum atomic E-state index is -4.54. The van der Waals surface area contributed by atoms with Crippen LogP contribution in [0.15, 0.2) is 23.4 Å². The Kier molecular flexibility index (Phi) is 2.06. The predicted octanol–water partition coefficient (Wildman–Crippen LogP) is 0.483. The average Bonchev–Trinajstić information content (AvgIpc) is 1.83. The fraction of sp³-hybridized carbons (Fsp3) is 0.286. The summed E-state index contributed by atoms with van der Waals surface area (Å²) in [6.07, 6.45) is -2.47. The van der Waals surface area contributed by atoms with E-state index in [2.05, 4.69) is 0 Å². The molecule has 0 aromatic rings. The molecule has 66 valence electrons. The molecule has 0 radical (unpaired) electrons. The summed E-state index contributed by atoms with van der Waals surface area (Å²) in [6, 6.07) is 0. The maximum absolute atomic E-state index is 12.0. The van der Waals surface area contributed by atoms with Gasteiger partial charge in [-0.25, -0.2) is 4.79 Å². The van der Waals surface area contributed by atoms with Crippen LogP contribution in [-0.2, 0) is 4.79 Å². The van der Waals surface area contributed by atoms with Gasteiger partial charge in [0.05, 0.1) is 0 Å². The van der Waals surface area contributed by atoms with Crippen molar-refractivity contribution >= 4 is 5.91 Å². The Morgan fingerprint density at radius 1 is 1.33 bits per heavy atom. The highest BCUT2D eigenvalue weighted by atomic mass is 19.4. The van der Waals surface area contributed by atoms with Gasteiger partial charge in [0.1, 0.15) is 5.70 Å². The van der Waals surface area contributed by atoms with Crippen molar-refractivity contribution in [2.24, 2.45) is 0 Å². The van der Waals surface area contributed by atoms with Crippen LogP contribution >= 0.6 is 0 Å². The number of primary amides is 1. The van der Waals surface area contributed by atoms with Crippen LogP contribution in [0.1, 0.15) is 6.92 Å². The lowest BCUT2D eigenvalue weighted by atomic mass is 10.1. The molecule has 0 aromatic carbocycles. The van der Waals surface area contributed by atoms with E-state index in [9.17, 15) is 18.0 Å². The van der Waals surface area contributed by atoms with E-state index in [1.807, 2.05) is 0 Å². The summed E-state index contributed by atoms with van der Waals surface area (Å²) in [6.45, 7) is 1.57. The molecule has 1 aliphatic rings. The Hall–Kier alpha value is -1.10. The van der Waals surface area contributed by atoms with E-state index in [-0.39, 0.29) is 0 Å². The van der Waals surface area contributed by atoms with E-state index in [1.165, 1.54) is 6.08 Å². The minimum absolute atomic E-state index is 0.535. The van der Waals surface area contributed by atoms with E-state index >= 15 is 0 Å². The lowest BCUT2D eigenvalue weighted by Gasteiger charge is -2.10. The first-order chi connectivity index (χ1) is 5.41. The fourth-order valence-corrected chi connectivity index (χ4v) is 0.864. The number of alkyl halides is 3. The number of rotatable bonds is 0. The van der Waals surface area contributed by atoms with E-state index in [4.69, 9.17) is 0 Å². The largest absolute Gasteiger partial charge is 0.425 e. The third-order valence-corrected chi connectivity index (χ3v) is 1.44. The molecule has 1 aliphatic heterocycles. The number of quaternary nitrogens is 1. The van der Waals surface area contributed by atoms with Gasteiger partial charge >= 0.3 is 12.1 Å². The topological polar surface area (TPSA) is 33.7 Å². The Bertz CT molecular complexity index is 275. The molecule has 1 rings (SSSR count). The molecular formula is C7H7F3NO+. The predicted molar refractivity (Wildman–Crippen MR) is 34.8 cm³/mol. The van der Waals surface area contributed by atoms with E-state index < -0.39 is 17.7 Å². The van der Waals surface area contributed by atoms with Gasteiger partial charge < -0.3 is 0 Å². The molecular weight excluding hydrogens is 171 g/mol. The van der Waals surface area contributed by atoms with Crippen molar-refractivity contribution in [3.8, 4) is 0 Å². The lowest BCUT2D eigenvalue weighted by Crippen LogP contribution is -2.87. The van der Waals surface area contributed by atoms with Gasteiger partial charge in [0.25, 0.3) is 0 Å². The van der Waals surface area contributed by atoms with Crippen LogP contribution in [0.4, 0.5) is 13.2 Å². The Balaban J connectivity index is 2.99. The minimum Gasteiger partial charge on any atom is -0.250 e. The molecule has 2 nitrogen and oxygen atoms in total. The second kappa shape index (κ2) is 2.75. The van der Waals surface area contributed by atoms with Crippen LogP contribution in [-0.4, -0.2) is 12.1 Å². The summed E-state index contributed by atoms with van der Waals surface area (Å²) in [4.78, 5) is 10.8. The maximum atomic E-state index is 12.0. The first kappa shape index (κ1) is 8.99. The lowest BCUT2D eigenvalue weighted by molar-refractivity contribution is -0.516. The molecule has 0 saturated carbocycles. The van der Waals surface area contributed by atoms with Crippen molar-refractivity contribution in [2.45, 2.75) is 13.1 Å². The summed E-state index contributed by atoms with van der Waals surface area (Å²) in [5.74, 6) is -0.970. The highest BCUT2D eigenvalue weighted by Gasteiger charge is 2.41. The molecule has 5 heteroatoms. The van der Waals surface area contributed by atoms with Gasteiger partial charge in [-0.2, -0.15) is 13.2 Å².